The van der Waals surface area contributed by atoms with Gasteiger partial charge in [-0.15, -0.1) is 11.3 Å². The predicted molar refractivity (Wildman–Crippen MR) is 154 cm³/mol. The van der Waals surface area contributed by atoms with Crippen LogP contribution >= 0.6 is 22.9 Å². The fourth-order valence-electron chi connectivity index (χ4n) is 3.93. The van der Waals surface area contributed by atoms with Crippen LogP contribution in [0.5, 0.6) is 0 Å². The lowest BCUT2D eigenvalue weighted by Gasteiger charge is -2.18. The number of aromatic nitrogens is 1. The summed E-state index contributed by atoms with van der Waals surface area (Å²) in [7, 11) is 0. The first-order valence-electron chi connectivity index (χ1n) is 12.7. The predicted octanol–water partition coefficient (Wildman–Crippen LogP) is 5.42. The molecule has 4 N–H and O–H groups in total. The van der Waals surface area contributed by atoms with E-state index in [4.69, 9.17) is 17.3 Å². The number of unbranched alkanes of at least 4 members (excludes halogenated alkanes) is 1. The van der Waals surface area contributed by atoms with E-state index in [0.717, 1.165) is 18.9 Å². The molecule has 8 nitrogen and oxygen atoms in total. The van der Waals surface area contributed by atoms with Crippen molar-refractivity contribution in [3.8, 4) is 10.6 Å². The highest BCUT2D eigenvalue weighted by Gasteiger charge is 2.25. The van der Waals surface area contributed by atoms with Crippen molar-refractivity contribution >= 4 is 46.8 Å². The van der Waals surface area contributed by atoms with Gasteiger partial charge < -0.3 is 21.3 Å². The zero-order chi connectivity index (χ0) is 29.3. The molecular weight excluding hydrogens is 560 g/mol. The van der Waals surface area contributed by atoms with Crippen molar-refractivity contribution in [3.05, 3.63) is 69.7 Å². The monoisotopic (exact) mass is 591 g/mol. The zero-order valence-electron chi connectivity index (χ0n) is 22.3. The van der Waals surface area contributed by atoms with Crippen LogP contribution < -0.4 is 16.4 Å². The first-order chi connectivity index (χ1) is 19.0. The Labute approximate surface area is 240 Å². The topological polar surface area (TPSA) is 117 Å². The number of nitrogens with zero attached hydrogens (tertiary/aromatic N) is 2. The van der Waals surface area contributed by atoms with Crippen LogP contribution in [0.15, 0.2) is 47.8 Å². The second-order valence-corrected chi connectivity index (χ2v) is 10.8. The number of hydrogen-bond acceptors (Lipinski definition) is 6. The minimum atomic E-state index is -3.01. The molecule has 0 bridgehead atoms. The van der Waals surface area contributed by atoms with Gasteiger partial charge in [-0.2, -0.15) is 0 Å². The largest absolute Gasteiger partial charge is 0.348 e. The van der Waals surface area contributed by atoms with Crippen LogP contribution in [-0.2, 0) is 22.1 Å². The van der Waals surface area contributed by atoms with Crippen LogP contribution in [-0.4, -0.2) is 47.2 Å². The van der Waals surface area contributed by atoms with Gasteiger partial charge >= 0.3 is 0 Å². The average molecular weight is 592 g/mol. The van der Waals surface area contributed by atoms with Gasteiger partial charge in [0.15, 0.2) is 0 Å². The summed E-state index contributed by atoms with van der Waals surface area (Å²) in [6.07, 6.45) is 2.68. The van der Waals surface area contributed by atoms with Crippen LogP contribution in [0.4, 0.5) is 14.5 Å². The van der Waals surface area contributed by atoms with Crippen LogP contribution in [0.2, 0.25) is 5.02 Å². The molecule has 0 fully saturated rings. The average Bonchev–Trinajstić information content (AvgIpc) is 3.40. The number of anilines is 1. The summed E-state index contributed by atoms with van der Waals surface area (Å²) in [6, 6.07) is 11.0. The molecule has 3 amide bonds. The molecule has 0 aliphatic rings. The molecule has 0 saturated heterocycles. The van der Waals surface area contributed by atoms with Crippen molar-refractivity contribution in [2.24, 2.45) is 5.73 Å². The lowest BCUT2D eigenvalue weighted by Crippen LogP contribution is -2.34. The fraction of sp³-hybridized carbons (Fsp3) is 0.357. The minimum absolute atomic E-state index is 0.0670. The maximum absolute atomic E-state index is 13.6. The standard InChI is InChI=1S/C28H32ClF2N5O3S/c1-18(6-3-4-11-36(17-37)15-25(38)34-21-8-5-7-19(12-21)14-32)33-26(39)24-16-40-27(35-24)22-10-9-20(13-23(22)29)28(2,30)31/h5,7-10,12-13,16-18H,3-4,6,11,14-15,32H2,1-2H3,(H,33,39)(H,34,38). The quantitative estimate of drug-likeness (QED) is 0.171. The smallest absolute Gasteiger partial charge is 0.270 e. The summed E-state index contributed by atoms with van der Waals surface area (Å²) in [5.41, 5.74) is 7.63. The van der Waals surface area contributed by atoms with Gasteiger partial charge in [0.2, 0.25) is 12.3 Å². The molecule has 3 rings (SSSR count). The highest BCUT2D eigenvalue weighted by atomic mass is 35.5. The molecule has 1 unspecified atom stereocenters. The van der Waals surface area contributed by atoms with E-state index in [1.165, 1.54) is 34.4 Å². The van der Waals surface area contributed by atoms with Gasteiger partial charge in [0, 0.05) is 48.2 Å². The van der Waals surface area contributed by atoms with Gasteiger partial charge in [-0.1, -0.05) is 29.8 Å². The number of benzene rings is 2. The summed E-state index contributed by atoms with van der Waals surface area (Å²) < 4.78 is 27.1. The first-order valence-corrected chi connectivity index (χ1v) is 14.0. The van der Waals surface area contributed by atoms with E-state index in [-0.39, 0.29) is 40.7 Å². The van der Waals surface area contributed by atoms with E-state index in [1.807, 2.05) is 13.0 Å². The Bertz CT molecular complexity index is 1330. The van der Waals surface area contributed by atoms with Crippen molar-refractivity contribution in [1.29, 1.82) is 0 Å². The maximum Gasteiger partial charge on any atom is 0.270 e. The van der Waals surface area contributed by atoms with E-state index >= 15 is 0 Å². The SMILES string of the molecule is CC(CCCCN(C=O)CC(=O)Nc1cccc(CN)c1)NC(=O)c1csc(-c2ccc(C(C)(F)F)cc2Cl)n1. The molecular formula is C28H32ClF2N5O3S. The van der Waals surface area contributed by atoms with Crippen molar-refractivity contribution < 1.29 is 23.2 Å². The van der Waals surface area contributed by atoms with Gasteiger partial charge in [0.05, 0.1) is 11.6 Å². The first kappa shape index (κ1) is 31.1. The molecule has 0 spiro atoms. The summed E-state index contributed by atoms with van der Waals surface area (Å²) in [5.74, 6) is -3.66. The van der Waals surface area contributed by atoms with Crippen molar-refractivity contribution in [3.63, 3.8) is 0 Å². The number of halogens is 3. The second-order valence-electron chi connectivity index (χ2n) is 9.52. The number of alkyl halides is 2. The molecule has 214 valence electrons. The normalized spacial score (nSPS) is 12.1. The number of nitrogens with two attached hydrogens (primary N) is 1. The molecule has 40 heavy (non-hydrogen) atoms. The Balaban J connectivity index is 1.42. The third kappa shape index (κ3) is 9.07. The van der Waals surface area contributed by atoms with Gasteiger partial charge in [0.1, 0.15) is 10.7 Å². The lowest BCUT2D eigenvalue weighted by atomic mass is 10.1. The highest BCUT2D eigenvalue weighted by molar-refractivity contribution is 7.13. The summed E-state index contributed by atoms with van der Waals surface area (Å²) in [6.45, 7) is 3.36. The molecule has 0 saturated carbocycles. The van der Waals surface area contributed by atoms with E-state index in [2.05, 4.69) is 15.6 Å². The van der Waals surface area contributed by atoms with Gasteiger partial charge in [0.25, 0.3) is 11.8 Å². The number of thiazole rings is 1. The van der Waals surface area contributed by atoms with E-state index in [1.54, 1.807) is 23.6 Å². The van der Waals surface area contributed by atoms with Gasteiger partial charge in [-0.3, -0.25) is 14.4 Å². The number of nitrogens with one attached hydrogen (secondary N) is 2. The van der Waals surface area contributed by atoms with E-state index < -0.39 is 5.92 Å². The summed E-state index contributed by atoms with van der Waals surface area (Å²) in [5, 5.41) is 7.84. The van der Waals surface area contributed by atoms with Crippen LogP contribution in [0.1, 0.15) is 54.7 Å². The molecule has 12 heteroatoms. The van der Waals surface area contributed by atoms with Crippen LogP contribution in [0.25, 0.3) is 10.6 Å². The molecule has 1 heterocycles. The second kappa shape index (κ2) is 14.3. The third-order valence-corrected chi connectivity index (χ3v) is 7.28. The van der Waals surface area contributed by atoms with Gasteiger partial charge in [-0.05, 0) is 56.0 Å². The minimum Gasteiger partial charge on any atom is -0.348 e. The third-order valence-electron chi connectivity index (χ3n) is 6.10. The summed E-state index contributed by atoms with van der Waals surface area (Å²) >= 11 is 7.40. The number of rotatable bonds is 14. The fourth-order valence-corrected chi connectivity index (χ4v) is 5.09. The van der Waals surface area contributed by atoms with Crippen LogP contribution in [0.3, 0.4) is 0 Å². The molecule has 0 aliphatic heterocycles. The number of amides is 3. The molecule has 1 atom stereocenters. The number of carbonyl (C=O) groups is 3. The molecule has 0 radical (unpaired) electrons. The Morgan fingerprint density at radius 1 is 1.23 bits per heavy atom. The maximum atomic E-state index is 13.6. The van der Waals surface area contributed by atoms with Crippen molar-refractivity contribution in [2.45, 2.75) is 51.6 Å². The Morgan fingerprint density at radius 3 is 2.67 bits per heavy atom. The van der Waals surface area contributed by atoms with Crippen molar-refractivity contribution in [2.75, 3.05) is 18.4 Å². The van der Waals surface area contributed by atoms with Crippen LogP contribution in [0, 0.1) is 0 Å². The Morgan fingerprint density at radius 2 is 2.00 bits per heavy atom. The zero-order valence-corrected chi connectivity index (χ0v) is 23.8. The molecule has 2 aromatic carbocycles. The Kier molecular flexibility index (Phi) is 11.1. The number of carbonyl (C=O) groups excluding carboxylic acids is 3. The highest BCUT2D eigenvalue weighted by Crippen LogP contribution is 2.35. The molecule has 0 aliphatic carbocycles. The lowest BCUT2D eigenvalue weighted by molar-refractivity contribution is -0.125. The van der Waals surface area contributed by atoms with E-state index in [9.17, 15) is 23.2 Å². The summed E-state index contributed by atoms with van der Waals surface area (Å²) in [4.78, 5) is 42.1. The number of hydrogen-bond donors (Lipinski definition) is 3. The molecule has 3 aromatic rings. The molecule has 1 aromatic heterocycles. The van der Waals surface area contributed by atoms with Gasteiger partial charge in [-0.25, -0.2) is 13.8 Å². The van der Waals surface area contributed by atoms with E-state index in [0.29, 0.717) is 48.6 Å². The van der Waals surface area contributed by atoms with Crippen molar-refractivity contribution in [1.82, 2.24) is 15.2 Å². The Hall–Kier alpha value is -3.41.